The highest BCUT2D eigenvalue weighted by molar-refractivity contribution is 5.79. The van der Waals surface area contributed by atoms with Crippen molar-refractivity contribution in [1.82, 2.24) is 24.4 Å². The number of halogens is 1. The Morgan fingerprint density at radius 3 is 2.48 bits per heavy atom. The molecular formula is C19H19FN6O. The molecule has 0 bridgehead atoms. The van der Waals surface area contributed by atoms with Crippen LogP contribution in [-0.4, -0.2) is 56.5 Å². The maximum atomic E-state index is 13.0. The molecule has 138 valence electrons. The van der Waals surface area contributed by atoms with Crippen molar-refractivity contribution in [3.63, 3.8) is 0 Å². The summed E-state index contributed by atoms with van der Waals surface area (Å²) < 4.78 is 14.8. The summed E-state index contributed by atoms with van der Waals surface area (Å²) in [6, 6.07) is 7.99. The van der Waals surface area contributed by atoms with Crippen LogP contribution in [0.2, 0.25) is 0 Å². The number of rotatable bonds is 4. The number of anilines is 1. The smallest absolute Gasteiger partial charge is 0.227 e. The molecule has 0 spiro atoms. The lowest BCUT2D eigenvalue weighted by Crippen LogP contribution is -2.49. The van der Waals surface area contributed by atoms with Gasteiger partial charge in [-0.15, -0.1) is 0 Å². The van der Waals surface area contributed by atoms with Gasteiger partial charge >= 0.3 is 0 Å². The predicted molar refractivity (Wildman–Crippen MR) is 98.1 cm³/mol. The van der Waals surface area contributed by atoms with Crippen LogP contribution >= 0.6 is 0 Å². The molecule has 1 aliphatic heterocycles. The van der Waals surface area contributed by atoms with E-state index in [4.69, 9.17) is 0 Å². The number of carbonyl (C=O) groups excluding carboxylic acids is 1. The summed E-state index contributed by atoms with van der Waals surface area (Å²) >= 11 is 0. The fourth-order valence-electron chi connectivity index (χ4n) is 3.12. The highest BCUT2D eigenvalue weighted by Gasteiger charge is 2.22. The van der Waals surface area contributed by atoms with Crippen molar-refractivity contribution in [2.45, 2.75) is 6.42 Å². The summed E-state index contributed by atoms with van der Waals surface area (Å²) in [6.07, 6.45) is 7.05. The van der Waals surface area contributed by atoms with Gasteiger partial charge in [0.2, 0.25) is 5.91 Å². The van der Waals surface area contributed by atoms with Crippen LogP contribution in [0.25, 0.3) is 5.82 Å². The minimum absolute atomic E-state index is 0.0584. The molecule has 27 heavy (non-hydrogen) atoms. The Kier molecular flexibility index (Phi) is 4.78. The van der Waals surface area contributed by atoms with Gasteiger partial charge in [-0.2, -0.15) is 0 Å². The first-order chi connectivity index (χ1) is 13.2. The first-order valence-electron chi connectivity index (χ1n) is 8.76. The number of nitrogens with zero attached hydrogens (tertiary/aromatic N) is 6. The van der Waals surface area contributed by atoms with Gasteiger partial charge in [0, 0.05) is 44.6 Å². The molecule has 0 saturated carbocycles. The Morgan fingerprint density at radius 1 is 1.04 bits per heavy atom. The molecule has 3 heterocycles. The predicted octanol–water partition coefficient (Wildman–Crippen LogP) is 1.69. The van der Waals surface area contributed by atoms with Crippen LogP contribution in [0.4, 0.5) is 10.2 Å². The summed E-state index contributed by atoms with van der Waals surface area (Å²) in [7, 11) is 0. The lowest BCUT2D eigenvalue weighted by atomic mass is 10.1. The summed E-state index contributed by atoms with van der Waals surface area (Å²) in [5.74, 6) is 1.36. The van der Waals surface area contributed by atoms with E-state index in [0.717, 1.165) is 17.2 Å². The van der Waals surface area contributed by atoms with Crippen LogP contribution in [0.15, 0.2) is 55.4 Å². The monoisotopic (exact) mass is 366 g/mol. The SMILES string of the molecule is O=C(Cc1ccc(F)cc1)N1CCN(c2cc(-n3ccnc3)ncn2)CC1. The summed E-state index contributed by atoms with van der Waals surface area (Å²) in [5, 5.41) is 0. The largest absolute Gasteiger partial charge is 0.353 e. The number of hydrogen-bond acceptors (Lipinski definition) is 5. The van der Waals surface area contributed by atoms with E-state index in [1.54, 1.807) is 24.7 Å². The van der Waals surface area contributed by atoms with Crippen molar-refractivity contribution in [2.24, 2.45) is 0 Å². The fraction of sp³-hybridized carbons (Fsp3) is 0.263. The number of benzene rings is 1. The molecule has 3 aromatic rings. The molecule has 4 rings (SSSR count). The molecule has 1 amide bonds. The van der Waals surface area contributed by atoms with Gasteiger partial charge in [0.25, 0.3) is 0 Å². The van der Waals surface area contributed by atoms with Crippen LogP contribution in [0.3, 0.4) is 0 Å². The lowest BCUT2D eigenvalue weighted by molar-refractivity contribution is -0.130. The third-order valence-corrected chi connectivity index (χ3v) is 4.63. The third kappa shape index (κ3) is 3.94. The molecule has 1 saturated heterocycles. The zero-order chi connectivity index (χ0) is 18.6. The molecule has 1 fully saturated rings. The van der Waals surface area contributed by atoms with E-state index in [1.165, 1.54) is 18.5 Å². The molecule has 1 aliphatic rings. The molecule has 8 heteroatoms. The van der Waals surface area contributed by atoms with E-state index < -0.39 is 0 Å². The summed E-state index contributed by atoms with van der Waals surface area (Å²) in [4.78, 5) is 29.1. The summed E-state index contributed by atoms with van der Waals surface area (Å²) in [5.41, 5.74) is 0.824. The van der Waals surface area contributed by atoms with E-state index in [2.05, 4.69) is 19.9 Å². The Hall–Kier alpha value is -3.29. The Balaban J connectivity index is 1.37. The van der Waals surface area contributed by atoms with Gasteiger partial charge in [0.1, 0.15) is 30.1 Å². The second-order valence-corrected chi connectivity index (χ2v) is 6.38. The highest BCUT2D eigenvalue weighted by atomic mass is 19.1. The average Bonchev–Trinajstić information content (AvgIpc) is 3.25. The first-order valence-corrected chi connectivity index (χ1v) is 8.76. The molecule has 0 aliphatic carbocycles. The maximum absolute atomic E-state index is 13.0. The van der Waals surface area contributed by atoms with Gasteiger partial charge in [0.15, 0.2) is 0 Å². The van der Waals surface area contributed by atoms with Crippen LogP contribution in [-0.2, 0) is 11.2 Å². The van der Waals surface area contributed by atoms with Crippen molar-refractivity contribution >= 4 is 11.7 Å². The maximum Gasteiger partial charge on any atom is 0.227 e. The van der Waals surface area contributed by atoms with Crippen LogP contribution in [0, 0.1) is 5.82 Å². The van der Waals surface area contributed by atoms with Crippen molar-refractivity contribution in [2.75, 3.05) is 31.1 Å². The van der Waals surface area contributed by atoms with Crippen molar-refractivity contribution in [1.29, 1.82) is 0 Å². The standard InChI is InChI=1S/C19H19FN6O/c20-16-3-1-15(2-4-16)11-19(27)25-9-7-24(8-10-25)17-12-18(23-13-22-17)26-6-5-21-14-26/h1-6,12-14H,7-11H2. The molecule has 0 unspecified atom stereocenters. The zero-order valence-corrected chi connectivity index (χ0v) is 14.7. The van der Waals surface area contributed by atoms with E-state index in [9.17, 15) is 9.18 Å². The fourth-order valence-corrected chi connectivity index (χ4v) is 3.12. The molecule has 0 N–H and O–H groups in total. The molecule has 0 radical (unpaired) electrons. The van der Waals surface area contributed by atoms with Crippen LogP contribution in [0.5, 0.6) is 0 Å². The Bertz CT molecular complexity index is 904. The molecule has 1 aromatic carbocycles. The molecule has 0 atom stereocenters. The van der Waals surface area contributed by atoms with Gasteiger partial charge in [-0.3, -0.25) is 9.36 Å². The normalized spacial score (nSPS) is 14.4. The van der Waals surface area contributed by atoms with Gasteiger partial charge in [-0.1, -0.05) is 12.1 Å². The topological polar surface area (TPSA) is 67.2 Å². The number of hydrogen-bond donors (Lipinski definition) is 0. The van der Waals surface area contributed by atoms with E-state index in [0.29, 0.717) is 32.6 Å². The zero-order valence-electron chi connectivity index (χ0n) is 14.7. The Labute approximate surface area is 156 Å². The van der Waals surface area contributed by atoms with Crippen molar-refractivity contribution < 1.29 is 9.18 Å². The molecule has 7 nitrogen and oxygen atoms in total. The van der Waals surface area contributed by atoms with Crippen molar-refractivity contribution in [3.05, 3.63) is 66.8 Å². The Morgan fingerprint density at radius 2 is 1.78 bits per heavy atom. The van der Waals surface area contributed by atoms with Gasteiger partial charge in [0.05, 0.1) is 6.42 Å². The number of carbonyl (C=O) groups is 1. The minimum Gasteiger partial charge on any atom is -0.353 e. The second kappa shape index (κ2) is 7.53. The lowest BCUT2D eigenvalue weighted by Gasteiger charge is -2.35. The quantitative estimate of drug-likeness (QED) is 0.703. The van der Waals surface area contributed by atoms with Gasteiger partial charge in [-0.05, 0) is 17.7 Å². The van der Waals surface area contributed by atoms with Crippen molar-refractivity contribution in [3.8, 4) is 5.82 Å². The van der Waals surface area contributed by atoms with E-state index >= 15 is 0 Å². The summed E-state index contributed by atoms with van der Waals surface area (Å²) in [6.45, 7) is 2.67. The first kappa shape index (κ1) is 17.1. The molecule has 2 aromatic heterocycles. The number of piperazine rings is 1. The van der Waals surface area contributed by atoms with Crippen LogP contribution in [0.1, 0.15) is 5.56 Å². The number of imidazole rings is 1. The minimum atomic E-state index is -0.292. The van der Waals surface area contributed by atoms with E-state index in [1.807, 2.05) is 21.7 Å². The second-order valence-electron chi connectivity index (χ2n) is 6.38. The highest BCUT2D eigenvalue weighted by Crippen LogP contribution is 2.16. The van der Waals surface area contributed by atoms with E-state index in [-0.39, 0.29) is 11.7 Å². The average molecular weight is 366 g/mol. The number of amides is 1. The molecular weight excluding hydrogens is 347 g/mol. The third-order valence-electron chi connectivity index (χ3n) is 4.63. The number of aromatic nitrogens is 4. The van der Waals surface area contributed by atoms with Crippen LogP contribution < -0.4 is 4.90 Å². The van der Waals surface area contributed by atoms with Gasteiger partial charge in [-0.25, -0.2) is 19.3 Å². The van der Waals surface area contributed by atoms with Gasteiger partial charge < -0.3 is 9.80 Å².